The molecule has 2 heterocycles. The van der Waals surface area contributed by atoms with Gasteiger partial charge in [0.1, 0.15) is 5.75 Å². The SMILES string of the molecule is COc1ccc(-c2cccc3cnc(Nc4cccc(S(=O)(=O)N5CCN(C)CC5)c4)nc23)cc1. The van der Waals surface area contributed by atoms with E-state index < -0.39 is 10.0 Å². The number of hydrogen-bond donors (Lipinski definition) is 1. The van der Waals surface area contributed by atoms with Crippen LogP contribution < -0.4 is 10.1 Å². The first-order valence-corrected chi connectivity index (χ1v) is 12.8. The fourth-order valence-corrected chi connectivity index (χ4v) is 5.63. The number of methoxy groups -OCH3 is 1. The van der Waals surface area contributed by atoms with Crippen molar-refractivity contribution in [3.63, 3.8) is 0 Å². The number of ether oxygens (including phenoxy) is 1. The van der Waals surface area contributed by atoms with Crippen molar-refractivity contribution >= 4 is 32.6 Å². The van der Waals surface area contributed by atoms with Crippen molar-refractivity contribution in [3.8, 4) is 16.9 Å². The Morgan fingerprint density at radius 3 is 2.43 bits per heavy atom. The zero-order valence-electron chi connectivity index (χ0n) is 19.7. The van der Waals surface area contributed by atoms with Gasteiger partial charge in [0.15, 0.2) is 0 Å². The number of hydrogen-bond acceptors (Lipinski definition) is 7. The van der Waals surface area contributed by atoms with Gasteiger partial charge in [-0.3, -0.25) is 0 Å². The maximum Gasteiger partial charge on any atom is 0.243 e. The second kappa shape index (κ2) is 9.61. The summed E-state index contributed by atoms with van der Waals surface area (Å²) in [6, 6.07) is 20.6. The molecule has 0 atom stereocenters. The van der Waals surface area contributed by atoms with Crippen LogP contribution >= 0.6 is 0 Å². The van der Waals surface area contributed by atoms with Crippen LogP contribution in [0.1, 0.15) is 0 Å². The van der Waals surface area contributed by atoms with Gasteiger partial charge in [0.2, 0.25) is 16.0 Å². The lowest BCUT2D eigenvalue weighted by Gasteiger charge is -2.31. The van der Waals surface area contributed by atoms with E-state index >= 15 is 0 Å². The molecule has 1 aliphatic rings. The van der Waals surface area contributed by atoms with E-state index in [9.17, 15) is 8.42 Å². The number of anilines is 2. The molecule has 0 amide bonds. The van der Waals surface area contributed by atoms with Crippen molar-refractivity contribution in [1.82, 2.24) is 19.2 Å². The quantitative estimate of drug-likeness (QED) is 0.438. The van der Waals surface area contributed by atoms with Gasteiger partial charge in [-0.2, -0.15) is 4.31 Å². The first-order valence-electron chi connectivity index (χ1n) is 11.4. The standard InChI is InChI=1S/C26H27N5O3S/c1-30-13-15-31(16-14-30)35(32,33)23-7-4-6-21(17-23)28-26-27-18-20-5-3-8-24(25(20)29-26)19-9-11-22(34-2)12-10-19/h3-12,17-18H,13-16H2,1-2H3,(H,27,28,29). The maximum absolute atomic E-state index is 13.2. The van der Waals surface area contributed by atoms with Crippen LogP contribution in [0.15, 0.2) is 77.8 Å². The van der Waals surface area contributed by atoms with E-state index in [0.717, 1.165) is 40.9 Å². The number of para-hydroxylation sites is 1. The molecule has 1 fully saturated rings. The minimum absolute atomic E-state index is 0.256. The van der Waals surface area contributed by atoms with Crippen LogP contribution in [-0.4, -0.2) is 67.9 Å². The van der Waals surface area contributed by atoms with Gasteiger partial charge in [-0.05, 0) is 42.9 Å². The molecule has 0 spiro atoms. The Balaban J connectivity index is 1.44. The number of piperazine rings is 1. The third-order valence-electron chi connectivity index (χ3n) is 6.20. The summed E-state index contributed by atoms with van der Waals surface area (Å²) in [5, 5.41) is 4.09. The highest BCUT2D eigenvalue weighted by molar-refractivity contribution is 7.89. The highest BCUT2D eigenvalue weighted by atomic mass is 32.2. The van der Waals surface area contributed by atoms with E-state index in [0.29, 0.717) is 24.7 Å². The van der Waals surface area contributed by atoms with Gasteiger partial charge in [0.25, 0.3) is 0 Å². The van der Waals surface area contributed by atoms with E-state index in [1.54, 1.807) is 35.8 Å². The maximum atomic E-state index is 13.2. The van der Waals surface area contributed by atoms with E-state index in [-0.39, 0.29) is 4.90 Å². The third-order valence-corrected chi connectivity index (χ3v) is 8.10. The zero-order valence-corrected chi connectivity index (χ0v) is 20.5. The number of nitrogens with one attached hydrogen (secondary N) is 1. The van der Waals surface area contributed by atoms with Crippen LogP contribution in [0.25, 0.3) is 22.0 Å². The molecule has 1 N–H and O–H groups in total. The molecule has 5 rings (SSSR count). The molecular formula is C26H27N5O3S. The lowest BCUT2D eigenvalue weighted by atomic mass is 10.0. The van der Waals surface area contributed by atoms with Crippen molar-refractivity contribution < 1.29 is 13.2 Å². The summed E-state index contributed by atoms with van der Waals surface area (Å²) in [5.74, 6) is 1.19. The van der Waals surface area contributed by atoms with Gasteiger partial charge in [-0.25, -0.2) is 18.4 Å². The van der Waals surface area contributed by atoms with Crippen molar-refractivity contribution in [2.45, 2.75) is 4.90 Å². The average molecular weight is 490 g/mol. The van der Waals surface area contributed by atoms with Crippen LogP contribution in [0.3, 0.4) is 0 Å². The number of aromatic nitrogens is 2. The van der Waals surface area contributed by atoms with E-state index in [1.807, 2.05) is 55.6 Å². The van der Waals surface area contributed by atoms with Crippen molar-refractivity contribution in [1.29, 1.82) is 0 Å². The fraction of sp³-hybridized carbons (Fsp3) is 0.231. The summed E-state index contributed by atoms with van der Waals surface area (Å²) < 4.78 is 33.1. The highest BCUT2D eigenvalue weighted by Gasteiger charge is 2.27. The van der Waals surface area contributed by atoms with Crippen LogP contribution in [-0.2, 0) is 10.0 Å². The third kappa shape index (κ3) is 4.84. The minimum Gasteiger partial charge on any atom is -0.497 e. The van der Waals surface area contributed by atoms with Gasteiger partial charge in [-0.1, -0.05) is 36.4 Å². The molecule has 35 heavy (non-hydrogen) atoms. The van der Waals surface area contributed by atoms with Gasteiger partial charge >= 0.3 is 0 Å². The van der Waals surface area contributed by atoms with E-state index in [4.69, 9.17) is 9.72 Å². The summed E-state index contributed by atoms with van der Waals surface area (Å²) in [6.45, 7) is 2.41. The van der Waals surface area contributed by atoms with Crippen LogP contribution in [0.2, 0.25) is 0 Å². The molecule has 180 valence electrons. The van der Waals surface area contributed by atoms with Crippen molar-refractivity contribution in [2.24, 2.45) is 0 Å². The molecule has 0 radical (unpaired) electrons. The molecule has 0 unspecified atom stereocenters. The Morgan fingerprint density at radius 1 is 0.943 bits per heavy atom. The van der Waals surface area contributed by atoms with Crippen molar-refractivity contribution in [2.75, 3.05) is 45.7 Å². The lowest BCUT2D eigenvalue weighted by molar-refractivity contribution is 0.222. The molecule has 4 aromatic rings. The first-order chi connectivity index (χ1) is 16.9. The monoisotopic (exact) mass is 489 g/mol. The summed E-state index contributed by atoms with van der Waals surface area (Å²) in [7, 11) is 0.0726. The number of sulfonamides is 1. The van der Waals surface area contributed by atoms with Gasteiger partial charge < -0.3 is 15.0 Å². The Kier molecular flexibility index (Phi) is 6.38. The molecule has 8 nitrogen and oxygen atoms in total. The summed E-state index contributed by atoms with van der Waals surface area (Å²) in [6.07, 6.45) is 1.77. The predicted molar refractivity (Wildman–Crippen MR) is 138 cm³/mol. The predicted octanol–water partition coefficient (Wildman–Crippen LogP) is 3.99. The van der Waals surface area contributed by atoms with E-state index in [1.165, 1.54) is 0 Å². The highest BCUT2D eigenvalue weighted by Crippen LogP contribution is 2.30. The second-order valence-electron chi connectivity index (χ2n) is 8.53. The van der Waals surface area contributed by atoms with Crippen LogP contribution in [0, 0.1) is 0 Å². The summed E-state index contributed by atoms with van der Waals surface area (Å²) in [4.78, 5) is 11.6. The molecule has 3 aromatic carbocycles. The lowest BCUT2D eigenvalue weighted by Crippen LogP contribution is -2.47. The fourth-order valence-electron chi connectivity index (χ4n) is 4.16. The smallest absolute Gasteiger partial charge is 0.243 e. The Morgan fingerprint density at radius 2 is 1.69 bits per heavy atom. The number of likely N-dealkylation sites (N-methyl/N-ethyl adjacent to an activating group) is 1. The van der Waals surface area contributed by atoms with Crippen molar-refractivity contribution in [3.05, 3.63) is 72.9 Å². The van der Waals surface area contributed by atoms with Gasteiger partial charge in [0.05, 0.1) is 17.5 Å². The van der Waals surface area contributed by atoms with E-state index in [2.05, 4.69) is 15.2 Å². The molecule has 0 bridgehead atoms. The molecular weight excluding hydrogens is 462 g/mol. The largest absolute Gasteiger partial charge is 0.497 e. The Labute approximate surface area is 205 Å². The number of fused-ring (bicyclic) bond motifs is 1. The van der Waals surface area contributed by atoms with Crippen LogP contribution in [0.4, 0.5) is 11.6 Å². The first kappa shape index (κ1) is 23.2. The zero-order chi connectivity index (χ0) is 24.4. The molecule has 0 aliphatic carbocycles. The van der Waals surface area contributed by atoms with Gasteiger partial charge in [0, 0.05) is 49.0 Å². The van der Waals surface area contributed by atoms with Crippen LogP contribution in [0.5, 0.6) is 5.75 Å². The number of rotatable bonds is 6. The normalized spacial score (nSPS) is 15.3. The topological polar surface area (TPSA) is 87.7 Å². The number of benzene rings is 3. The molecule has 1 aliphatic heterocycles. The molecule has 1 saturated heterocycles. The Hall–Kier alpha value is -3.53. The summed E-state index contributed by atoms with van der Waals surface area (Å²) >= 11 is 0. The molecule has 9 heteroatoms. The molecule has 1 aromatic heterocycles. The summed E-state index contributed by atoms with van der Waals surface area (Å²) in [5.41, 5.74) is 3.40. The second-order valence-corrected chi connectivity index (χ2v) is 10.5. The van der Waals surface area contributed by atoms with Gasteiger partial charge in [-0.15, -0.1) is 0 Å². The Bertz CT molecular complexity index is 1450. The number of nitrogens with zero attached hydrogens (tertiary/aromatic N) is 4. The molecule has 0 saturated carbocycles. The average Bonchev–Trinajstić information content (AvgIpc) is 2.89. The minimum atomic E-state index is -3.57.